The van der Waals surface area contributed by atoms with E-state index in [1.807, 2.05) is 12.1 Å². The Hall–Kier alpha value is -4.12. The molecule has 42 heavy (non-hydrogen) atoms. The van der Waals surface area contributed by atoms with Gasteiger partial charge in [0.1, 0.15) is 11.9 Å². The molecule has 2 heterocycles. The quantitative estimate of drug-likeness (QED) is 0.251. The van der Waals surface area contributed by atoms with Crippen LogP contribution in [0.2, 0.25) is 0 Å². The van der Waals surface area contributed by atoms with Crippen LogP contribution < -0.4 is 10.6 Å². The van der Waals surface area contributed by atoms with Gasteiger partial charge < -0.3 is 20.3 Å². The summed E-state index contributed by atoms with van der Waals surface area (Å²) in [6, 6.07) is 13.2. The molecular weight excluding hydrogens is 539 g/mol. The molecule has 2 aliphatic rings. The number of aromatic nitrogens is 3. The zero-order valence-corrected chi connectivity index (χ0v) is 23.7. The van der Waals surface area contributed by atoms with Gasteiger partial charge in [-0.1, -0.05) is 17.3 Å². The van der Waals surface area contributed by atoms with Gasteiger partial charge in [-0.25, -0.2) is 9.07 Å². The molecule has 2 N–H and O–H groups in total. The van der Waals surface area contributed by atoms with Crippen LogP contribution >= 0.6 is 0 Å². The van der Waals surface area contributed by atoms with E-state index < -0.39 is 6.04 Å². The van der Waals surface area contributed by atoms with Crippen LogP contribution in [-0.2, 0) is 14.3 Å². The summed E-state index contributed by atoms with van der Waals surface area (Å²) in [5.41, 5.74) is 2.33. The Balaban J connectivity index is 1.17. The number of piperidine rings is 1. The second-order valence-electron chi connectivity index (χ2n) is 10.9. The van der Waals surface area contributed by atoms with E-state index in [4.69, 9.17) is 4.74 Å². The molecule has 222 valence electrons. The summed E-state index contributed by atoms with van der Waals surface area (Å²) in [5.74, 6) is -0.759. The molecule has 1 saturated carbocycles. The van der Waals surface area contributed by atoms with Crippen molar-refractivity contribution in [3.63, 3.8) is 0 Å². The van der Waals surface area contributed by atoms with E-state index in [9.17, 15) is 18.8 Å². The summed E-state index contributed by atoms with van der Waals surface area (Å²) >= 11 is 0. The average molecular weight is 577 g/mol. The number of amides is 2. The monoisotopic (exact) mass is 576 g/mol. The summed E-state index contributed by atoms with van der Waals surface area (Å²) < 4.78 is 20.0. The number of ether oxygens (including phenoxy) is 1. The Morgan fingerprint density at radius 1 is 1.07 bits per heavy atom. The molecule has 0 bridgehead atoms. The Morgan fingerprint density at radius 3 is 2.48 bits per heavy atom. The maximum Gasteiger partial charge on any atom is 0.309 e. The van der Waals surface area contributed by atoms with Gasteiger partial charge in [-0.2, -0.15) is 0 Å². The SMILES string of the molecule is CCOC(=O)C1CCN(C(=O)C(CCCN[C@@H]2C[C@H]2c2ccc(F)cc2)NC(=O)c2ccc(-n3ccnn3)cc2)CC1. The van der Waals surface area contributed by atoms with E-state index in [0.29, 0.717) is 69.4 Å². The van der Waals surface area contributed by atoms with Crippen LogP contribution in [0.5, 0.6) is 0 Å². The molecule has 1 aliphatic heterocycles. The highest BCUT2D eigenvalue weighted by Crippen LogP contribution is 2.40. The number of nitrogens with one attached hydrogen (secondary N) is 2. The third-order valence-corrected chi connectivity index (χ3v) is 8.01. The summed E-state index contributed by atoms with van der Waals surface area (Å²) in [7, 11) is 0. The third-order valence-electron chi connectivity index (χ3n) is 8.01. The Labute approximate surface area is 244 Å². The molecule has 1 unspecified atom stereocenters. The van der Waals surface area contributed by atoms with E-state index in [1.54, 1.807) is 53.2 Å². The first-order valence-corrected chi connectivity index (χ1v) is 14.6. The zero-order chi connectivity index (χ0) is 29.5. The van der Waals surface area contributed by atoms with Gasteiger partial charge in [-0.3, -0.25) is 14.4 Å². The highest BCUT2D eigenvalue weighted by Gasteiger charge is 2.38. The molecule has 2 amide bonds. The maximum atomic E-state index is 13.6. The van der Waals surface area contributed by atoms with E-state index in [0.717, 1.165) is 17.7 Å². The highest BCUT2D eigenvalue weighted by atomic mass is 19.1. The van der Waals surface area contributed by atoms with Crippen molar-refractivity contribution in [2.45, 2.75) is 57.0 Å². The first-order chi connectivity index (χ1) is 20.4. The van der Waals surface area contributed by atoms with Crippen molar-refractivity contribution in [1.29, 1.82) is 0 Å². The molecule has 11 heteroatoms. The lowest BCUT2D eigenvalue weighted by atomic mass is 9.96. The number of carbonyl (C=O) groups excluding carboxylic acids is 3. The number of likely N-dealkylation sites (tertiary alicyclic amines) is 1. The van der Waals surface area contributed by atoms with Crippen LogP contribution in [0.15, 0.2) is 60.9 Å². The fraction of sp³-hybridized carbons (Fsp3) is 0.452. The average Bonchev–Trinajstić information content (AvgIpc) is 3.57. The van der Waals surface area contributed by atoms with Crippen LogP contribution in [-0.4, -0.2) is 76.0 Å². The minimum absolute atomic E-state index is 0.138. The summed E-state index contributed by atoms with van der Waals surface area (Å²) in [6.45, 7) is 3.71. The largest absolute Gasteiger partial charge is 0.466 e. The minimum atomic E-state index is -0.694. The van der Waals surface area contributed by atoms with Crippen molar-refractivity contribution in [2.75, 3.05) is 26.2 Å². The number of rotatable bonds is 12. The van der Waals surface area contributed by atoms with Crippen molar-refractivity contribution in [2.24, 2.45) is 5.92 Å². The first-order valence-electron chi connectivity index (χ1n) is 14.6. The van der Waals surface area contributed by atoms with Crippen LogP contribution in [0.25, 0.3) is 5.69 Å². The molecule has 1 aromatic heterocycles. The molecule has 2 aromatic carbocycles. The Morgan fingerprint density at radius 2 is 1.81 bits per heavy atom. The summed E-state index contributed by atoms with van der Waals surface area (Å²) in [6.07, 6.45) is 6.53. The van der Waals surface area contributed by atoms with Crippen LogP contribution in [0, 0.1) is 11.7 Å². The molecule has 1 saturated heterocycles. The number of hydrogen-bond acceptors (Lipinski definition) is 7. The smallest absolute Gasteiger partial charge is 0.309 e. The third kappa shape index (κ3) is 7.39. The van der Waals surface area contributed by atoms with Crippen molar-refractivity contribution >= 4 is 17.8 Å². The fourth-order valence-electron chi connectivity index (χ4n) is 5.52. The minimum Gasteiger partial charge on any atom is -0.466 e. The second-order valence-corrected chi connectivity index (χ2v) is 10.9. The van der Waals surface area contributed by atoms with E-state index in [1.165, 1.54) is 12.1 Å². The van der Waals surface area contributed by atoms with Crippen LogP contribution in [0.3, 0.4) is 0 Å². The molecular formula is C31H37FN6O4. The summed E-state index contributed by atoms with van der Waals surface area (Å²) in [4.78, 5) is 40.7. The molecule has 1 aliphatic carbocycles. The number of halogens is 1. The van der Waals surface area contributed by atoms with E-state index >= 15 is 0 Å². The van der Waals surface area contributed by atoms with Crippen molar-refractivity contribution in [1.82, 2.24) is 30.5 Å². The van der Waals surface area contributed by atoms with Crippen molar-refractivity contribution in [3.8, 4) is 5.69 Å². The maximum absolute atomic E-state index is 13.6. The van der Waals surface area contributed by atoms with Gasteiger partial charge in [0.05, 0.1) is 30.6 Å². The van der Waals surface area contributed by atoms with Gasteiger partial charge in [0.25, 0.3) is 5.91 Å². The zero-order valence-electron chi connectivity index (χ0n) is 23.7. The van der Waals surface area contributed by atoms with E-state index in [-0.39, 0.29) is 29.5 Å². The summed E-state index contributed by atoms with van der Waals surface area (Å²) in [5, 5.41) is 14.3. The van der Waals surface area contributed by atoms with Crippen LogP contribution in [0.4, 0.5) is 4.39 Å². The van der Waals surface area contributed by atoms with Gasteiger partial charge >= 0.3 is 5.97 Å². The lowest BCUT2D eigenvalue weighted by Crippen LogP contribution is -2.51. The molecule has 5 rings (SSSR count). The number of carbonyl (C=O) groups is 3. The van der Waals surface area contributed by atoms with Gasteiger partial charge in [0.15, 0.2) is 0 Å². The standard InChI is InChI=1S/C31H37FN6O4/c1-2-42-31(41)23-13-17-37(18-14-23)30(40)27(4-3-15-33-28-20-26(28)21-5-9-24(32)10-6-21)35-29(39)22-7-11-25(12-8-22)38-19-16-34-36-38/h5-12,16,19,23,26-28,33H,2-4,13-15,17-18,20H2,1H3,(H,35,39)/t26-,27?,28+/m0/s1. The van der Waals surface area contributed by atoms with E-state index in [2.05, 4.69) is 20.9 Å². The lowest BCUT2D eigenvalue weighted by molar-refractivity contribution is -0.151. The first kappa shape index (κ1) is 29.4. The van der Waals surface area contributed by atoms with Gasteiger partial charge in [0.2, 0.25) is 5.91 Å². The Bertz CT molecular complexity index is 1340. The second kappa shape index (κ2) is 13.7. The number of nitrogens with zero attached hydrogens (tertiary/aromatic N) is 4. The topological polar surface area (TPSA) is 118 Å². The predicted octanol–water partition coefficient (Wildman–Crippen LogP) is 3.23. The molecule has 0 radical (unpaired) electrons. The molecule has 2 fully saturated rings. The number of hydrogen-bond donors (Lipinski definition) is 2. The predicted molar refractivity (Wildman–Crippen MR) is 153 cm³/mol. The molecule has 3 aromatic rings. The molecule has 10 nitrogen and oxygen atoms in total. The van der Waals surface area contributed by atoms with Gasteiger partial charge in [-0.05, 0) is 87.5 Å². The van der Waals surface area contributed by atoms with Crippen LogP contribution in [0.1, 0.15) is 60.9 Å². The molecule has 0 spiro atoms. The Kier molecular flexibility index (Phi) is 9.58. The highest BCUT2D eigenvalue weighted by molar-refractivity contribution is 5.97. The number of benzene rings is 2. The fourth-order valence-corrected chi connectivity index (χ4v) is 5.52. The van der Waals surface area contributed by atoms with Crippen molar-refractivity contribution < 1.29 is 23.5 Å². The lowest BCUT2D eigenvalue weighted by Gasteiger charge is -2.33. The number of esters is 1. The van der Waals surface area contributed by atoms with Gasteiger partial charge in [-0.15, -0.1) is 5.10 Å². The van der Waals surface area contributed by atoms with Crippen molar-refractivity contribution in [3.05, 3.63) is 77.9 Å². The normalized spacial score (nSPS) is 19.2. The molecule has 3 atom stereocenters. The van der Waals surface area contributed by atoms with Gasteiger partial charge in [0, 0.05) is 30.6 Å².